The van der Waals surface area contributed by atoms with Crippen LogP contribution in [-0.4, -0.2) is 67.9 Å². The SMILES string of the molecule is CC(=O)N1[C@H](c2cnc(OC(C)(C)C)nc2OC(C)(C)C)C[C@@H]2O[Si](C(C)C)(C(C)C)O[Si](C(C)C)(C(C)C)OC[C@@H]21. The van der Waals surface area contributed by atoms with Gasteiger partial charge in [-0.3, -0.25) is 4.79 Å². The van der Waals surface area contributed by atoms with Crippen molar-refractivity contribution in [2.24, 2.45) is 0 Å². The lowest BCUT2D eigenvalue weighted by molar-refractivity contribution is -0.134. The molecule has 11 heteroatoms. The van der Waals surface area contributed by atoms with Gasteiger partial charge in [-0.1, -0.05) is 55.4 Å². The number of aromatic nitrogens is 2. The summed E-state index contributed by atoms with van der Waals surface area (Å²) in [6, 6.07) is -0.369. The molecule has 240 valence electrons. The number of fused-ring (bicyclic) bond motifs is 1. The van der Waals surface area contributed by atoms with Crippen LogP contribution in [-0.2, 0) is 17.8 Å². The maximum absolute atomic E-state index is 13.5. The van der Waals surface area contributed by atoms with E-state index in [-0.39, 0.29) is 52.3 Å². The van der Waals surface area contributed by atoms with Crippen LogP contribution < -0.4 is 9.47 Å². The molecule has 0 aliphatic carbocycles. The van der Waals surface area contributed by atoms with Crippen LogP contribution in [0.15, 0.2) is 6.20 Å². The summed E-state index contributed by atoms with van der Waals surface area (Å²) in [4.78, 5) is 24.7. The summed E-state index contributed by atoms with van der Waals surface area (Å²) in [5, 5.41) is 0. The van der Waals surface area contributed by atoms with Crippen molar-refractivity contribution in [3.63, 3.8) is 0 Å². The van der Waals surface area contributed by atoms with Gasteiger partial charge in [-0.25, -0.2) is 4.98 Å². The first kappa shape index (κ1) is 34.9. The number of ether oxygens (including phenoxy) is 2. The summed E-state index contributed by atoms with van der Waals surface area (Å²) in [6.45, 7) is 31.5. The van der Waals surface area contributed by atoms with Gasteiger partial charge in [-0.05, 0) is 70.1 Å². The number of hydrogen-bond acceptors (Lipinski definition) is 8. The zero-order valence-electron chi connectivity index (χ0n) is 28.8. The minimum atomic E-state index is -2.83. The lowest BCUT2D eigenvalue weighted by Gasteiger charge is -2.51. The fraction of sp³-hybridized carbons (Fsp3) is 0.839. The van der Waals surface area contributed by atoms with Crippen LogP contribution in [0.25, 0.3) is 0 Å². The molecule has 0 unspecified atom stereocenters. The normalized spacial score (nSPS) is 24.6. The van der Waals surface area contributed by atoms with Crippen LogP contribution in [0.2, 0.25) is 22.2 Å². The Balaban J connectivity index is 2.18. The summed E-state index contributed by atoms with van der Waals surface area (Å²) >= 11 is 0. The third-order valence-electron chi connectivity index (χ3n) is 8.21. The van der Waals surface area contributed by atoms with E-state index in [1.54, 1.807) is 13.1 Å². The van der Waals surface area contributed by atoms with Gasteiger partial charge in [0.2, 0.25) is 11.8 Å². The van der Waals surface area contributed by atoms with Crippen molar-refractivity contribution in [1.82, 2.24) is 14.9 Å². The number of hydrogen-bond donors (Lipinski definition) is 0. The molecular formula is C31H57N3O6Si2. The molecule has 2 aliphatic rings. The molecule has 3 heterocycles. The van der Waals surface area contributed by atoms with E-state index < -0.39 is 28.3 Å². The highest BCUT2D eigenvalue weighted by molar-refractivity contribution is 6.84. The molecule has 3 rings (SSSR count). The minimum Gasteiger partial charge on any atom is -0.472 e. The van der Waals surface area contributed by atoms with Crippen molar-refractivity contribution >= 4 is 23.0 Å². The molecule has 2 aliphatic heterocycles. The van der Waals surface area contributed by atoms with E-state index in [1.807, 2.05) is 46.4 Å². The first-order valence-corrected chi connectivity index (χ1v) is 19.6. The van der Waals surface area contributed by atoms with Crippen molar-refractivity contribution in [3.05, 3.63) is 11.8 Å². The predicted molar refractivity (Wildman–Crippen MR) is 170 cm³/mol. The summed E-state index contributed by atoms with van der Waals surface area (Å²) < 4.78 is 34.1. The average Bonchev–Trinajstić information content (AvgIpc) is 3.13. The standard InChI is InChI=1S/C31H57N3O6Si2/c1-19(2)41(20(3)4)36-18-26-27(39-42(40-41,21(5)6)22(7)8)16-25(34(26)23(9)35)24-17-32-29(38-31(13,14)15)33-28(24)37-30(10,11)12/h17,19-22,25-27H,16,18H2,1-15H3/t25-,26-,27-/m0/s1. The fourth-order valence-electron chi connectivity index (χ4n) is 6.39. The maximum atomic E-state index is 13.5. The van der Waals surface area contributed by atoms with Crippen molar-refractivity contribution in [2.45, 2.75) is 162 Å². The highest BCUT2D eigenvalue weighted by Crippen LogP contribution is 2.50. The third-order valence-corrected chi connectivity index (χ3v) is 18.5. The number of nitrogens with zero attached hydrogens (tertiary/aromatic N) is 3. The third kappa shape index (κ3) is 7.22. The Morgan fingerprint density at radius 2 is 1.43 bits per heavy atom. The van der Waals surface area contributed by atoms with Gasteiger partial charge in [-0.2, -0.15) is 4.98 Å². The van der Waals surface area contributed by atoms with Crippen molar-refractivity contribution in [1.29, 1.82) is 0 Å². The Labute approximate surface area is 256 Å². The highest BCUT2D eigenvalue weighted by Gasteiger charge is 2.61. The molecule has 2 fully saturated rings. The summed E-state index contributed by atoms with van der Waals surface area (Å²) in [5.74, 6) is 0.379. The van der Waals surface area contributed by atoms with Gasteiger partial charge < -0.3 is 27.3 Å². The van der Waals surface area contributed by atoms with Crippen LogP contribution in [0.4, 0.5) is 0 Å². The van der Waals surface area contributed by atoms with Gasteiger partial charge in [0.25, 0.3) is 0 Å². The topological polar surface area (TPSA) is 92.2 Å². The van der Waals surface area contributed by atoms with E-state index in [0.29, 0.717) is 18.9 Å². The number of carbonyl (C=O) groups is 1. The molecule has 0 bridgehead atoms. The largest absolute Gasteiger partial charge is 0.472 e. The summed E-state index contributed by atoms with van der Waals surface area (Å²) in [6.07, 6.45) is 2.07. The molecule has 0 saturated carbocycles. The molecule has 9 nitrogen and oxygen atoms in total. The Bertz CT molecular complexity index is 1080. The Kier molecular flexibility index (Phi) is 10.4. The van der Waals surface area contributed by atoms with E-state index in [2.05, 4.69) is 60.4 Å². The molecular weight excluding hydrogens is 567 g/mol. The first-order chi connectivity index (χ1) is 19.1. The zero-order valence-corrected chi connectivity index (χ0v) is 30.8. The van der Waals surface area contributed by atoms with Gasteiger partial charge in [0.15, 0.2) is 0 Å². The van der Waals surface area contributed by atoms with Crippen LogP contribution in [0.5, 0.6) is 11.9 Å². The summed E-state index contributed by atoms with van der Waals surface area (Å²) in [7, 11) is -5.58. The quantitative estimate of drug-likeness (QED) is 0.289. The van der Waals surface area contributed by atoms with Crippen molar-refractivity contribution in [3.8, 4) is 11.9 Å². The molecule has 0 radical (unpaired) electrons. The van der Waals surface area contributed by atoms with E-state index in [4.69, 9.17) is 27.4 Å². The molecule has 2 saturated heterocycles. The molecule has 1 aromatic heterocycles. The lowest BCUT2D eigenvalue weighted by Crippen LogP contribution is -2.65. The molecule has 0 aromatic carbocycles. The summed E-state index contributed by atoms with van der Waals surface area (Å²) in [5.41, 5.74) is 0.600. The number of rotatable bonds is 7. The van der Waals surface area contributed by atoms with Gasteiger partial charge in [0.05, 0.1) is 30.4 Å². The molecule has 1 amide bonds. The van der Waals surface area contributed by atoms with E-state index >= 15 is 0 Å². The van der Waals surface area contributed by atoms with Crippen LogP contribution in [0.1, 0.15) is 122 Å². The number of likely N-dealkylation sites (tertiary alicyclic amines) is 1. The smallest absolute Gasteiger partial charge is 0.335 e. The molecule has 0 N–H and O–H groups in total. The zero-order chi connectivity index (χ0) is 32.0. The minimum absolute atomic E-state index is 0.0411. The monoisotopic (exact) mass is 623 g/mol. The van der Waals surface area contributed by atoms with Gasteiger partial charge in [-0.15, -0.1) is 0 Å². The Morgan fingerprint density at radius 1 is 0.905 bits per heavy atom. The second-order valence-electron chi connectivity index (χ2n) is 15.2. The Hall–Kier alpha value is -1.54. The van der Waals surface area contributed by atoms with Crippen LogP contribution in [0.3, 0.4) is 0 Å². The predicted octanol–water partition coefficient (Wildman–Crippen LogP) is 7.45. The second-order valence-corrected chi connectivity index (χ2v) is 24.1. The van der Waals surface area contributed by atoms with Crippen molar-refractivity contribution in [2.75, 3.05) is 6.61 Å². The van der Waals surface area contributed by atoms with Crippen LogP contribution >= 0.6 is 0 Å². The maximum Gasteiger partial charge on any atom is 0.335 e. The molecule has 42 heavy (non-hydrogen) atoms. The van der Waals surface area contributed by atoms with Crippen molar-refractivity contribution < 1.29 is 27.2 Å². The highest BCUT2D eigenvalue weighted by atomic mass is 28.5. The first-order valence-electron chi connectivity index (χ1n) is 15.7. The van der Waals surface area contributed by atoms with E-state index in [0.717, 1.165) is 5.56 Å². The lowest BCUT2D eigenvalue weighted by atomic mass is 10.1. The molecule has 0 spiro atoms. The van der Waals surface area contributed by atoms with Gasteiger partial charge in [0.1, 0.15) is 11.2 Å². The van der Waals surface area contributed by atoms with E-state index in [1.165, 1.54) is 0 Å². The second kappa shape index (κ2) is 12.5. The van der Waals surface area contributed by atoms with Gasteiger partial charge >= 0.3 is 23.1 Å². The Morgan fingerprint density at radius 3 is 1.88 bits per heavy atom. The van der Waals surface area contributed by atoms with E-state index in [9.17, 15) is 4.79 Å². The van der Waals surface area contributed by atoms with Gasteiger partial charge in [0, 0.05) is 13.1 Å². The molecule has 3 atom stereocenters. The van der Waals surface area contributed by atoms with Crippen LogP contribution in [0, 0.1) is 0 Å². The number of amides is 1. The number of carbonyl (C=O) groups excluding carboxylic acids is 1. The average molecular weight is 624 g/mol. The molecule has 1 aromatic rings. The fourth-order valence-corrected chi connectivity index (χ4v) is 17.6.